The maximum absolute atomic E-state index is 4.30. The zero-order valence-corrected chi connectivity index (χ0v) is 9.66. The Hall–Kier alpha value is -0.890. The van der Waals surface area contributed by atoms with Gasteiger partial charge in [0.25, 0.3) is 0 Å². The molecule has 1 aliphatic rings. The molecule has 0 saturated heterocycles. The summed E-state index contributed by atoms with van der Waals surface area (Å²) >= 11 is 0. The molecule has 0 aliphatic heterocycles. The largest absolute Gasteiger partial charge is 0.314 e. The van der Waals surface area contributed by atoms with Gasteiger partial charge in [0, 0.05) is 24.4 Å². The van der Waals surface area contributed by atoms with Crippen LogP contribution in [0.25, 0.3) is 0 Å². The lowest BCUT2D eigenvalue weighted by Crippen LogP contribution is -2.30. The summed E-state index contributed by atoms with van der Waals surface area (Å²) in [7, 11) is 0. The molecule has 2 atom stereocenters. The maximum Gasteiger partial charge on any atom is 0.0303 e. The lowest BCUT2D eigenvalue weighted by atomic mass is 9.94. The molecule has 1 N–H and O–H groups in total. The molecular weight excluding hydrogens is 184 g/mol. The smallest absolute Gasteiger partial charge is 0.0303 e. The minimum Gasteiger partial charge on any atom is -0.314 e. The van der Waals surface area contributed by atoms with Crippen molar-refractivity contribution in [3.8, 4) is 0 Å². The topological polar surface area (TPSA) is 24.9 Å². The molecule has 1 aliphatic carbocycles. The molecular formula is C13H20N2. The molecule has 2 rings (SSSR count). The van der Waals surface area contributed by atoms with Crippen molar-refractivity contribution < 1.29 is 0 Å². The molecule has 82 valence electrons. The zero-order chi connectivity index (χ0) is 10.7. The van der Waals surface area contributed by atoms with Gasteiger partial charge in [-0.2, -0.15) is 0 Å². The first kappa shape index (κ1) is 10.6. The summed E-state index contributed by atoms with van der Waals surface area (Å²) in [6.45, 7) is 5.37. The molecule has 1 heterocycles. The van der Waals surface area contributed by atoms with Crippen LogP contribution in [-0.2, 0) is 0 Å². The van der Waals surface area contributed by atoms with Crippen LogP contribution in [0.3, 0.4) is 0 Å². The summed E-state index contributed by atoms with van der Waals surface area (Å²) < 4.78 is 0. The average Bonchev–Trinajstić information content (AvgIpc) is 2.66. The first-order valence-electron chi connectivity index (χ1n) is 5.96. The van der Waals surface area contributed by atoms with Crippen molar-refractivity contribution in [2.24, 2.45) is 0 Å². The van der Waals surface area contributed by atoms with E-state index in [0.29, 0.717) is 12.0 Å². The Labute approximate surface area is 92.1 Å². The van der Waals surface area contributed by atoms with E-state index in [1.54, 1.807) is 0 Å². The van der Waals surface area contributed by atoms with E-state index in [1.165, 1.54) is 30.4 Å². The standard InChI is InChI=1S/C13H20N2/c1-3-15-13-6-4-5-12(13)11-7-10(2)8-14-9-11/h7-9,12-13,15H,3-6H2,1-2H3. The lowest BCUT2D eigenvalue weighted by molar-refractivity contribution is 0.491. The molecule has 2 nitrogen and oxygen atoms in total. The number of hydrogen-bond acceptors (Lipinski definition) is 2. The van der Waals surface area contributed by atoms with Crippen LogP contribution in [0.4, 0.5) is 0 Å². The fourth-order valence-corrected chi connectivity index (χ4v) is 2.65. The van der Waals surface area contributed by atoms with Crippen LogP contribution in [0.1, 0.15) is 43.2 Å². The number of likely N-dealkylation sites (N-methyl/N-ethyl adjacent to an activating group) is 1. The molecule has 1 aromatic rings. The van der Waals surface area contributed by atoms with Crippen LogP contribution in [-0.4, -0.2) is 17.6 Å². The zero-order valence-electron chi connectivity index (χ0n) is 9.66. The second-order valence-corrected chi connectivity index (χ2v) is 4.50. The van der Waals surface area contributed by atoms with Gasteiger partial charge in [0.05, 0.1) is 0 Å². The van der Waals surface area contributed by atoms with E-state index >= 15 is 0 Å². The van der Waals surface area contributed by atoms with E-state index in [1.807, 2.05) is 12.4 Å². The minimum absolute atomic E-state index is 0.665. The number of aromatic nitrogens is 1. The lowest BCUT2D eigenvalue weighted by Gasteiger charge is -2.20. The van der Waals surface area contributed by atoms with Gasteiger partial charge in [-0.3, -0.25) is 4.98 Å². The van der Waals surface area contributed by atoms with Gasteiger partial charge in [-0.05, 0) is 37.4 Å². The monoisotopic (exact) mass is 204 g/mol. The van der Waals surface area contributed by atoms with Crippen molar-refractivity contribution in [1.82, 2.24) is 10.3 Å². The first-order valence-corrected chi connectivity index (χ1v) is 5.96. The van der Waals surface area contributed by atoms with Gasteiger partial charge in [0.1, 0.15) is 0 Å². The maximum atomic E-state index is 4.30. The van der Waals surface area contributed by atoms with Gasteiger partial charge in [-0.15, -0.1) is 0 Å². The molecule has 0 bridgehead atoms. The van der Waals surface area contributed by atoms with Crippen molar-refractivity contribution >= 4 is 0 Å². The number of nitrogens with zero attached hydrogens (tertiary/aromatic N) is 1. The van der Waals surface area contributed by atoms with Crippen molar-refractivity contribution in [2.45, 2.75) is 45.1 Å². The number of nitrogens with one attached hydrogen (secondary N) is 1. The molecule has 1 fully saturated rings. The van der Waals surface area contributed by atoms with Gasteiger partial charge in [0.15, 0.2) is 0 Å². The molecule has 2 heteroatoms. The van der Waals surface area contributed by atoms with Crippen LogP contribution < -0.4 is 5.32 Å². The highest BCUT2D eigenvalue weighted by Gasteiger charge is 2.27. The van der Waals surface area contributed by atoms with Crippen molar-refractivity contribution in [3.05, 3.63) is 29.6 Å². The molecule has 15 heavy (non-hydrogen) atoms. The van der Waals surface area contributed by atoms with Gasteiger partial charge >= 0.3 is 0 Å². The quantitative estimate of drug-likeness (QED) is 0.818. The highest BCUT2D eigenvalue weighted by atomic mass is 14.9. The van der Waals surface area contributed by atoms with E-state index in [2.05, 4.69) is 30.2 Å². The predicted octanol–water partition coefficient (Wildman–Crippen LogP) is 2.64. The van der Waals surface area contributed by atoms with Crippen LogP contribution >= 0.6 is 0 Å². The molecule has 1 saturated carbocycles. The Balaban J connectivity index is 2.15. The molecule has 1 aromatic heterocycles. The third-order valence-corrected chi connectivity index (χ3v) is 3.31. The van der Waals surface area contributed by atoms with Gasteiger partial charge in [-0.1, -0.05) is 19.4 Å². The second-order valence-electron chi connectivity index (χ2n) is 4.50. The van der Waals surface area contributed by atoms with E-state index in [4.69, 9.17) is 0 Å². The van der Waals surface area contributed by atoms with Crippen LogP contribution in [0.5, 0.6) is 0 Å². The molecule has 0 radical (unpaired) electrons. The number of pyridine rings is 1. The van der Waals surface area contributed by atoms with Crippen LogP contribution in [0, 0.1) is 6.92 Å². The Bertz CT molecular complexity index is 322. The first-order chi connectivity index (χ1) is 7.31. The highest BCUT2D eigenvalue weighted by Crippen LogP contribution is 2.34. The predicted molar refractivity (Wildman–Crippen MR) is 63.0 cm³/mol. The van der Waals surface area contributed by atoms with E-state index in [0.717, 1.165) is 6.54 Å². The van der Waals surface area contributed by atoms with Crippen molar-refractivity contribution in [2.75, 3.05) is 6.54 Å². The third-order valence-electron chi connectivity index (χ3n) is 3.31. The third kappa shape index (κ3) is 2.37. The van der Waals surface area contributed by atoms with Gasteiger partial charge in [0.2, 0.25) is 0 Å². The average molecular weight is 204 g/mol. The van der Waals surface area contributed by atoms with Gasteiger partial charge in [-0.25, -0.2) is 0 Å². The Morgan fingerprint density at radius 1 is 1.40 bits per heavy atom. The molecule has 2 unspecified atom stereocenters. The second kappa shape index (κ2) is 4.75. The normalized spacial score (nSPS) is 25.7. The fourth-order valence-electron chi connectivity index (χ4n) is 2.65. The van der Waals surface area contributed by atoms with Crippen LogP contribution in [0.15, 0.2) is 18.5 Å². The fraction of sp³-hybridized carbons (Fsp3) is 0.615. The Morgan fingerprint density at radius 2 is 2.27 bits per heavy atom. The van der Waals surface area contributed by atoms with E-state index in [9.17, 15) is 0 Å². The van der Waals surface area contributed by atoms with Crippen molar-refractivity contribution in [1.29, 1.82) is 0 Å². The summed E-state index contributed by atoms with van der Waals surface area (Å²) in [5.41, 5.74) is 2.69. The molecule has 0 spiro atoms. The van der Waals surface area contributed by atoms with Gasteiger partial charge < -0.3 is 5.32 Å². The summed E-state index contributed by atoms with van der Waals surface area (Å²) in [4.78, 5) is 4.30. The SMILES string of the molecule is CCNC1CCCC1c1cncc(C)c1. The summed E-state index contributed by atoms with van der Waals surface area (Å²) in [6.07, 6.45) is 7.93. The highest BCUT2D eigenvalue weighted by molar-refractivity contribution is 5.23. The number of hydrogen-bond donors (Lipinski definition) is 1. The number of rotatable bonds is 3. The van der Waals surface area contributed by atoms with Crippen LogP contribution in [0.2, 0.25) is 0 Å². The Morgan fingerprint density at radius 3 is 3.00 bits per heavy atom. The van der Waals surface area contributed by atoms with Crippen molar-refractivity contribution in [3.63, 3.8) is 0 Å². The summed E-state index contributed by atoms with van der Waals surface area (Å²) in [6, 6.07) is 2.95. The molecule has 0 aromatic carbocycles. The Kier molecular flexibility index (Phi) is 3.37. The summed E-state index contributed by atoms with van der Waals surface area (Å²) in [5, 5.41) is 3.58. The minimum atomic E-state index is 0.665. The number of aryl methyl sites for hydroxylation is 1. The summed E-state index contributed by atoms with van der Waals surface area (Å²) in [5.74, 6) is 0.678. The van der Waals surface area contributed by atoms with E-state index in [-0.39, 0.29) is 0 Å². The van der Waals surface area contributed by atoms with E-state index < -0.39 is 0 Å². The molecule has 0 amide bonds.